The fraction of sp³-hybridized carbons (Fsp3) is 0.318. The maximum atomic E-state index is 13.4. The maximum absolute atomic E-state index is 13.4. The molecule has 0 atom stereocenters. The van der Waals surface area contributed by atoms with Crippen LogP contribution in [-0.2, 0) is 16.0 Å². The van der Waals surface area contributed by atoms with Crippen molar-refractivity contribution in [2.24, 2.45) is 0 Å². The first kappa shape index (κ1) is 19.9. The van der Waals surface area contributed by atoms with E-state index in [2.05, 4.69) is 0 Å². The zero-order valence-electron chi connectivity index (χ0n) is 17.0. The van der Waals surface area contributed by atoms with Gasteiger partial charge in [0.15, 0.2) is 0 Å². The SMILES string of the molecule is COC(=O)c1ccc2c(=O)n(Cc3ccc(OC)cc3)c(N3CCOCC3)nc2c1. The van der Waals surface area contributed by atoms with Crippen molar-refractivity contribution in [2.45, 2.75) is 6.54 Å². The van der Waals surface area contributed by atoms with Crippen molar-refractivity contribution in [3.8, 4) is 5.75 Å². The Kier molecular flexibility index (Phi) is 5.67. The van der Waals surface area contributed by atoms with Crippen LogP contribution in [0.3, 0.4) is 0 Å². The van der Waals surface area contributed by atoms with Gasteiger partial charge < -0.3 is 19.1 Å². The van der Waals surface area contributed by atoms with E-state index >= 15 is 0 Å². The highest BCUT2D eigenvalue weighted by Crippen LogP contribution is 2.20. The third-order valence-corrected chi connectivity index (χ3v) is 5.15. The molecule has 4 rings (SSSR count). The Hall–Kier alpha value is -3.39. The van der Waals surface area contributed by atoms with Gasteiger partial charge in [-0.25, -0.2) is 9.78 Å². The third-order valence-electron chi connectivity index (χ3n) is 5.15. The van der Waals surface area contributed by atoms with Crippen molar-refractivity contribution >= 4 is 22.8 Å². The lowest BCUT2D eigenvalue weighted by atomic mass is 10.1. The van der Waals surface area contributed by atoms with Crippen LogP contribution in [0.5, 0.6) is 5.75 Å². The second-order valence-corrected chi connectivity index (χ2v) is 6.97. The Morgan fingerprint density at radius 2 is 1.83 bits per heavy atom. The van der Waals surface area contributed by atoms with Gasteiger partial charge in [0.25, 0.3) is 5.56 Å². The van der Waals surface area contributed by atoms with Crippen LogP contribution < -0.4 is 15.2 Å². The molecule has 0 aliphatic carbocycles. The summed E-state index contributed by atoms with van der Waals surface area (Å²) in [4.78, 5) is 32.1. The summed E-state index contributed by atoms with van der Waals surface area (Å²) in [6.45, 7) is 2.78. The number of carbonyl (C=O) groups excluding carboxylic acids is 1. The van der Waals surface area contributed by atoms with E-state index in [1.807, 2.05) is 29.2 Å². The molecule has 0 amide bonds. The molecule has 0 saturated carbocycles. The molecule has 0 spiro atoms. The van der Waals surface area contributed by atoms with Gasteiger partial charge in [-0.05, 0) is 35.9 Å². The molecule has 0 unspecified atom stereocenters. The highest BCUT2D eigenvalue weighted by molar-refractivity contribution is 5.94. The van der Waals surface area contributed by atoms with Crippen LogP contribution in [0.4, 0.5) is 5.95 Å². The highest BCUT2D eigenvalue weighted by atomic mass is 16.5. The zero-order chi connectivity index (χ0) is 21.1. The summed E-state index contributed by atoms with van der Waals surface area (Å²) >= 11 is 0. The first-order chi connectivity index (χ1) is 14.6. The lowest BCUT2D eigenvalue weighted by Crippen LogP contribution is -2.41. The van der Waals surface area contributed by atoms with Gasteiger partial charge >= 0.3 is 5.97 Å². The second kappa shape index (κ2) is 8.54. The van der Waals surface area contributed by atoms with E-state index in [1.54, 1.807) is 29.9 Å². The molecule has 156 valence electrons. The first-order valence-electron chi connectivity index (χ1n) is 9.69. The number of fused-ring (bicyclic) bond motifs is 1. The molecule has 2 aromatic carbocycles. The predicted octanol–water partition coefficient (Wildman–Crippen LogP) is 2.08. The van der Waals surface area contributed by atoms with Crippen molar-refractivity contribution in [1.82, 2.24) is 9.55 Å². The molecule has 3 aromatic rings. The number of carbonyl (C=O) groups is 1. The number of aromatic nitrogens is 2. The van der Waals surface area contributed by atoms with E-state index in [9.17, 15) is 9.59 Å². The monoisotopic (exact) mass is 409 g/mol. The fourth-order valence-electron chi connectivity index (χ4n) is 3.51. The number of ether oxygens (including phenoxy) is 3. The van der Waals surface area contributed by atoms with E-state index in [4.69, 9.17) is 19.2 Å². The summed E-state index contributed by atoms with van der Waals surface area (Å²) in [6.07, 6.45) is 0. The third kappa shape index (κ3) is 3.86. The number of anilines is 1. The van der Waals surface area contributed by atoms with Crippen LogP contribution in [-0.4, -0.2) is 56.0 Å². The largest absolute Gasteiger partial charge is 0.497 e. The van der Waals surface area contributed by atoms with Crippen LogP contribution in [0, 0.1) is 0 Å². The van der Waals surface area contributed by atoms with Crippen LogP contribution in [0.2, 0.25) is 0 Å². The van der Waals surface area contributed by atoms with Gasteiger partial charge in [0.1, 0.15) is 5.75 Å². The number of rotatable bonds is 5. The number of esters is 1. The predicted molar refractivity (Wildman–Crippen MR) is 112 cm³/mol. The molecule has 0 bridgehead atoms. The molecule has 1 aromatic heterocycles. The van der Waals surface area contributed by atoms with Crippen LogP contribution >= 0.6 is 0 Å². The minimum absolute atomic E-state index is 0.159. The van der Waals surface area contributed by atoms with Crippen molar-refractivity contribution < 1.29 is 19.0 Å². The van der Waals surface area contributed by atoms with Gasteiger partial charge in [0.05, 0.1) is 50.4 Å². The van der Waals surface area contributed by atoms with Crippen LogP contribution in [0.15, 0.2) is 47.3 Å². The second-order valence-electron chi connectivity index (χ2n) is 6.97. The average Bonchev–Trinajstić information content (AvgIpc) is 2.81. The van der Waals surface area contributed by atoms with E-state index < -0.39 is 5.97 Å². The standard InChI is InChI=1S/C22H23N3O5/c1-28-17-6-3-15(4-7-17)14-25-20(26)18-8-5-16(21(27)29-2)13-19(18)23-22(25)24-9-11-30-12-10-24/h3-8,13H,9-12,14H2,1-2H3. The maximum Gasteiger partial charge on any atom is 0.337 e. The Morgan fingerprint density at radius 3 is 2.50 bits per heavy atom. The molecule has 1 saturated heterocycles. The van der Waals surface area contributed by atoms with E-state index in [-0.39, 0.29) is 5.56 Å². The number of morpholine rings is 1. The van der Waals surface area contributed by atoms with Gasteiger partial charge in [0, 0.05) is 13.1 Å². The number of hydrogen-bond donors (Lipinski definition) is 0. The molecule has 0 N–H and O–H groups in total. The van der Waals surface area contributed by atoms with Crippen molar-refractivity contribution in [3.63, 3.8) is 0 Å². The van der Waals surface area contributed by atoms with Gasteiger partial charge in [-0.15, -0.1) is 0 Å². The summed E-state index contributed by atoms with van der Waals surface area (Å²) in [7, 11) is 2.94. The highest BCUT2D eigenvalue weighted by Gasteiger charge is 2.20. The van der Waals surface area contributed by atoms with Gasteiger partial charge in [-0.3, -0.25) is 9.36 Å². The molecule has 8 nitrogen and oxygen atoms in total. The summed E-state index contributed by atoms with van der Waals surface area (Å²) in [6, 6.07) is 12.4. The normalized spacial score (nSPS) is 14.0. The molecule has 0 radical (unpaired) electrons. The molecular weight excluding hydrogens is 386 g/mol. The van der Waals surface area contributed by atoms with Crippen molar-refractivity contribution in [2.75, 3.05) is 45.4 Å². The van der Waals surface area contributed by atoms with Gasteiger partial charge in [-0.2, -0.15) is 0 Å². The fourth-order valence-corrected chi connectivity index (χ4v) is 3.51. The molecule has 1 aliphatic heterocycles. The zero-order valence-corrected chi connectivity index (χ0v) is 17.0. The quantitative estimate of drug-likeness (QED) is 0.597. The summed E-state index contributed by atoms with van der Waals surface area (Å²) in [5.74, 6) is 0.856. The molecule has 30 heavy (non-hydrogen) atoms. The average molecular weight is 409 g/mol. The Bertz CT molecular complexity index is 1120. The Balaban J connectivity index is 1.83. The Morgan fingerprint density at radius 1 is 1.10 bits per heavy atom. The molecule has 2 heterocycles. The molecular formula is C22H23N3O5. The van der Waals surface area contributed by atoms with Crippen LogP contribution in [0.1, 0.15) is 15.9 Å². The van der Waals surface area contributed by atoms with Crippen molar-refractivity contribution in [1.29, 1.82) is 0 Å². The summed E-state index contributed by atoms with van der Waals surface area (Å²) < 4.78 is 17.1. The Labute approximate surface area is 173 Å². The number of benzene rings is 2. The number of nitrogens with zero attached hydrogens (tertiary/aromatic N) is 3. The smallest absolute Gasteiger partial charge is 0.337 e. The molecule has 1 aliphatic rings. The lowest BCUT2D eigenvalue weighted by molar-refractivity contribution is 0.0601. The van der Waals surface area contributed by atoms with E-state index in [0.29, 0.717) is 55.3 Å². The minimum Gasteiger partial charge on any atom is -0.497 e. The van der Waals surface area contributed by atoms with Crippen LogP contribution in [0.25, 0.3) is 10.9 Å². The summed E-state index contributed by atoms with van der Waals surface area (Å²) in [5.41, 5.74) is 1.63. The minimum atomic E-state index is -0.464. The summed E-state index contributed by atoms with van der Waals surface area (Å²) in [5, 5.41) is 0.452. The van der Waals surface area contributed by atoms with E-state index in [0.717, 1.165) is 11.3 Å². The lowest BCUT2D eigenvalue weighted by Gasteiger charge is -2.30. The molecule has 1 fully saturated rings. The topological polar surface area (TPSA) is 82.9 Å². The van der Waals surface area contributed by atoms with Crippen molar-refractivity contribution in [3.05, 3.63) is 63.9 Å². The van der Waals surface area contributed by atoms with Gasteiger partial charge in [-0.1, -0.05) is 12.1 Å². The molecule has 8 heteroatoms. The van der Waals surface area contributed by atoms with E-state index in [1.165, 1.54) is 7.11 Å². The number of hydrogen-bond acceptors (Lipinski definition) is 7. The van der Waals surface area contributed by atoms with Gasteiger partial charge in [0.2, 0.25) is 5.95 Å². The first-order valence-corrected chi connectivity index (χ1v) is 9.69. The number of methoxy groups -OCH3 is 2.